The van der Waals surface area contributed by atoms with Crippen molar-refractivity contribution in [1.29, 1.82) is 0 Å². The van der Waals surface area contributed by atoms with Gasteiger partial charge in [0.1, 0.15) is 13.2 Å². The van der Waals surface area contributed by atoms with Gasteiger partial charge in [0, 0.05) is 4.91 Å². The average molecular weight is 221 g/mol. The first-order valence-electron chi connectivity index (χ1n) is 4.89. The highest BCUT2D eigenvalue weighted by molar-refractivity contribution is 5.44. The van der Waals surface area contributed by atoms with Gasteiger partial charge in [-0.05, 0) is 23.2 Å². The van der Waals surface area contributed by atoms with Crippen LogP contribution in [-0.2, 0) is 0 Å². The minimum Gasteiger partial charge on any atom is -0.486 e. The molecule has 0 amide bonds. The number of rotatable bonds is 3. The van der Waals surface area contributed by atoms with E-state index in [-0.39, 0.29) is 6.54 Å². The first-order chi connectivity index (χ1) is 7.81. The Hall–Kier alpha value is -1.91. The number of fused-ring (bicyclic) bond motifs is 1. The molecule has 1 aliphatic rings. The lowest BCUT2D eigenvalue weighted by molar-refractivity contribution is 0.166. The molecule has 84 valence electrons. The summed E-state index contributed by atoms with van der Waals surface area (Å²) < 4.78 is 10.7. The zero-order valence-electron chi connectivity index (χ0n) is 8.54. The Balaban J connectivity index is 2.19. The Kier molecular flexibility index (Phi) is 3.14. The molecule has 1 aliphatic heterocycles. The van der Waals surface area contributed by atoms with Crippen molar-refractivity contribution >= 4 is 0 Å². The lowest BCUT2D eigenvalue weighted by atomic mass is 10.1. The van der Waals surface area contributed by atoms with Gasteiger partial charge in [-0.15, -0.1) is 0 Å². The molecular formula is C10H11N3O3. The van der Waals surface area contributed by atoms with E-state index < -0.39 is 6.10 Å². The second-order valence-electron chi connectivity index (χ2n) is 3.33. The summed E-state index contributed by atoms with van der Waals surface area (Å²) >= 11 is 0. The second kappa shape index (κ2) is 4.74. The summed E-state index contributed by atoms with van der Waals surface area (Å²) in [6, 6.07) is 5.17. The summed E-state index contributed by atoms with van der Waals surface area (Å²) in [5.74, 6) is 1.29. The third kappa shape index (κ3) is 2.18. The SMILES string of the molecule is [N-]=[N+]=NC[C@@H](O)c1ccc2c(c1)OCCO2. The largest absolute Gasteiger partial charge is 0.486 e. The molecule has 1 aromatic carbocycles. The van der Waals surface area contributed by atoms with Crippen LogP contribution < -0.4 is 9.47 Å². The molecule has 1 aromatic rings. The van der Waals surface area contributed by atoms with Crippen molar-refractivity contribution in [1.82, 2.24) is 0 Å². The molecule has 1 heterocycles. The molecule has 1 N–H and O–H groups in total. The molecule has 16 heavy (non-hydrogen) atoms. The van der Waals surface area contributed by atoms with Crippen LogP contribution in [0.25, 0.3) is 10.4 Å². The van der Waals surface area contributed by atoms with Gasteiger partial charge in [0.15, 0.2) is 11.5 Å². The minimum absolute atomic E-state index is 0.0101. The van der Waals surface area contributed by atoms with E-state index in [1.54, 1.807) is 18.2 Å². The third-order valence-corrected chi connectivity index (χ3v) is 2.27. The van der Waals surface area contributed by atoms with Crippen LogP contribution in [0.4, 0.5) is 0 Å². The number of ether oxygens (including phenoxy) is 2. The maximum absolute atomic E-state index is 9.69. The minimum atomic E-state index is -0.813. The van der Waals surface area contributed by atoms with Crippen molar-refractivity contribution < 1.29 is 14.6 Å². The summed E-state index contributed by atoms with van der Waals surface area (Å²) in [7, 11) is 0. The predicted molar refractivity (Wildman–Crippen MR) is 56.4 cm³/mol. The number of aliphatic hydroxyl groups is 1. The molecule has 0 aliphatic carbocycles. The lowest BCUT2D eigenvalue weighted by Gasteiger charge is -2.19. The molecule has 0 saturated carbocycles. The second-order valence-corrected chi connectivity index (χ2v) is 3.33. The topological polar surface area (TPSA) is 87.5 Å². The Morgan fingerprint density at radius 3 is 2.88 bits per heavy atom. The van der Waals surface area contributed by atoms with Crippen LogP contribution >= 0.6 is 0 Å². The average Bonchev–Trinajstić information content (AvgIpc) is 2.35. The highest BCUT2D eigenvalue weighted by atomic mass is 16.6. The van der Waals surface area contributed by atoms with E-state index in [9.17, 15) is 5.11 Å². The third-order valence-electron chi connectivity index (χ3n) is 2.27. The fourth-order valence-corrected chi connectivity index (χ4v) is 1.49. The van der Waals surface area contributed by atoms with Gasteiger partial charge in [0.05, 0.1) is 12.6 Å². The number of aliphatic hydroxyl groups excluding tert-OH is 1. The van der Waals surface area contributed by atoms with Crippen LogP contribution in [0.15, 0.2) is 23.3 Å². The highest BCUT2D eigenvalue weighted by Gasteiger charge is 2.14. The Bertz CT molecular complexity index is 429. The van der Waals surface area contributed by atoms with Crippen LogP contribution in [0.3, 0.4) is 0 Å². The lowest BCUT2D eigenvalue weighted by Crippen LogP contribution is -2.15. The Labute approximate surface area is 92.0 Å². The van der Waals surface area contributed by atoms with Gasteiger partial charge in [-0.25, -0.2) is 0 Å². The van der Waals surface area contributed by atoms with Crippen LogP contribution in [-0.4, -0.2) is 24.9 Å². The van der Waals surface area contributed by atoms with Gasteiger partial charge in [-0.2, -0.15) is 0 Å². The van der Waals surface area contributed by atoms with Gasteiger partial charge in [-0.3, -0.25) is 0 Å². The summed E-state index contributed by atoms with van der Waals surface area (Å²) in [6.45, 7) is 1.05. The van der Waals surface area contributed by atoms with E-state index in [2.05, 4.69) is 10.0 Å². The number of hydrogen-bond donors (Lipinski definition) is 1. The van der Waals surface area contributed by atoms with E-state index >= 15 is 0 Å². The van der Waals surface area contributed by atoms with Crippen LogP contribution in [0.1, 0.15) is 11.7 Å². The smallest absolute Gasteiger partial charge is 0.161 e. The molecule has 6 nitrogen and oxygen atoms in total. The molecule has 0 unspecified atom stereocenters. The fourth-order valence-electron chi connectivity index (χ4n) is 1.49. The van der Waals surface area contributed by atoms with Gasteiger partial charge in [-0.1, -0.05) is 11.2 Å². The summed E-state index contributed by atoms with van der Waals surface area (Å²) in [6.07, 6.45) is -0.813. The van der Waals surface area contributed by atoms with Crippen LogP contribution in [0.5, 0.6) is 11.5 Å². The molecule has 0 fully saturated rings. The van der Waals surface area contributed by atoms with E-state index in [1.165, 1.54) is 0 Å². The van der Waals surface area contributed by atoms with Crippen molar-refractivity contribution in [2.45, 2.75) is 6.10 Å². The van der Waals surface area contributed by atoms with E-state index in [4.69, 9.17) is 15.0 Å². The van der Waals surface area contributed by atoms with Crippen LogP contribution in [0.2, 0.25) is 0 Å². The van der Waals surface area contributed by atoms with Gasteiger partial charge < -0.3 is 14.6 Å². The summed E-state index contributed by atoms with van der Waals surface area (Å²) in [5.41, 5.74) is 8.81. The number of nitrogens with zero attached hydrogens (tertiary/aromatic N) is 3. The zero-order chi connectivity index (χ0) is 11.4. The molecule has 6 heteroatoms. The number of hydrogen-bond acceptors (Lipinski definition) is 4. The van der Waals surface area contributed by atoms with E-state index in [1.807, 2.05) is 0 Å². The quantitative estimate of drug-likeness (QED) is 0.479. The fraction of sp³-hybridized carbons (Fsp3) is 0.400. The molecule has 0 bridgehead atoms. The van der Waals surface area contributed by atoms with Crippen LogP contribution in [0, 0.1) is 0 Å². The maximum Gasteiger partial charge on any atom is 0.161 e. The zero-order valence-corrected chi connectivity index (χ0v) is 8.54. The van der Waals surface area contributed by atoms with Crippen molar-refractivity contribution in [2.75, 3.05) is 19.8 Å². The van der Waals surface area contributed by atoms with E-state index in [0.717, 1.165) is 0 Å². The van der Waals surface area contributed by atoms with Crippen molar-refractivity contribution in [3.8, 4) is 11.5 Å². The van der Waals surface area contributed by atoms with E-state index in [0.29, 0.717) is 30.3 Å². The first-order valence-corrected chi connectivity index (χ1v) is 4.89. The van der Waals surface area contributed by atoms with Gasteiger partial charge in [0.25, 0.3) is 0 Å². The van der Waals surface area contributed by atoms with Crippen molar-refractivity contribution in [2.24, 2.45) is 5.11 Å². The predicted octanol–water partition coefficient (Wildman–Crippen LogP) is 1.80. The Morgan fingerprint density at radius 2 is 2.12 bits per heavy atom. The summed E-state index contributed by atoms with van der Waals surface area (Å²) in [4.78, 5) is 2.60. The Morgan fingerprint density at radius 1 is 1.38 bits per heavy atom. The molecular weight excluding hydrogens is 210 g/mol. The normalized spacial score (nSPS) is 15.1. The van der Waals surface area contributed by atoms with Crippen molar-refractivity contribution in [3.63, 3.8) is 0 Å². The van der Waals surface area contributed by atoms with Gasteiger partial charge >= 0.3 is 0 Å². The van der Waals surface area contributed by atoms with Crippen molar-refractivity contribution in [3.05, 3.63) is 34.2 Å². The molecule has 0 aromatic heterocycles. The number of azide groups is 1. The maximum atomic E-state index is 9.69. The molecule has 2 rings (SSSR count). The molecule has 0 spiro atoms. The molecule has 0 radical (unpaired) electrons. The summed E-state index contributed by atoms with van der Waals surface area (Å²) in [5, 5.41) is 13.0. The monoisotopic (exact) mass is 221 g/mol. The standard InChI is InChI=1S/C10H11N3O3/c11-13-12-6-8(14)7-1-2-9-10(5-7)16-4-3-15-9/h1-2,5,8,14H,3-4,6H2/t8-/m1/s1. The van der Waals surface area contributed by atoms with Gasteiger partial charge in [0.2, 0.25) is 0 Å². The molecule has 0 saturated heterocycles. The number of benzene rings is 1. The highest BCUT2D eigenvalue weighted by Crippen LogP contribution is 2.32. The first kappa shape index (κ1) is 10.6. The molecule has 1 atom stereocenters.